The van der Waals surface area contributed by atoms with E-state index in [2.05, 4.69) is 22.1 Å². The van der Waals surface area contributed by atoms with Crippen molar-refractivity contribution in [1.29, 1.82) is 0 Å². The van der Waals surface area contributed by atoms with Gasteiger partial charge in [-0.05, 0) is 13.0 Å². The second-order valence-electron chi connectivity index (χ2n) is 4.34. The van der Waals surface area contributed by atoms with Crippen molar-refractivity contribution in [3.63, 3.8) is 0 Å². The van der Waals surface area contributed by atoms with Gasteiger partial charge in [-0.25, -0.2) is 4.98 Å². The maximum absolute atomic E-state index is 5.99. The lowest BCUT2D eigenvalue weighted by Gasteiger charge is -2.37. The van der Waals surface area contributed by atoms with Crippen LogP contribution < -0.4 is 5.32 Å². The minimum atomic E-state index is 0.662. The predicted molar refractivity (Wildman–Crippen MR) is 65.6 cm³/mol. The summed E-state index contributed by atoms with van der Waals surface area (Å²) in [5.74, 6) is 1.05. The average molecular weight is 243 g/mol. The SMILES string of the molecule is CCCN(Cc1ncc(Cl)n1C)C1CNC1. The molecule has 1 saturated heterocycles. The van der Waals surface area contributed by atoms with Crippen LogP contribution in [0.15, 0.2) is 6.20 Å². The second kappa shape index (κ2) is 5.17. The molecule has 90 valence electrons. The Bertz CT molecular complexity index is 346. The number of halogens is 1. The summed E-state index contributed by atoms with van der Waals surface area (Å²) in [6.07, 6.45) is 2.90. The minimum absolute atomic E-state index is 0.662. The molecule has 0 aromatic carbocycles. The first-order valence-electron chi connectivity index (χ1n) is 5.83. The lowest BCUT2D eigenvalue weighted by atomic mass is 10.1. The highest BCUT2D eigenvalue weighted by molar-refractivity contribution is 6.29. The van der Waals surface area contributed by atoms with Gasteiger partial charge in [-0.2, -0.15) is 0 Å². The molecule has 2 rings (SSSR count). The molecule has 0 radical (unpaired) electrons. The third-order valence-corrected chi connectivity index (χ3v) is 3.51. The molecule has 0 aliphatic carbocycles. The van der Waals surface area contributed by atoms with Gasteiger partial charge >= 0.3 is 0 Å². The predicted octanol–water partition coefficient (Wildman–Crippen LogP) is 1.26. The molecule has 2 heterocycles. The highest BCUT2D eigenvalue weighted by atomic mass is 35.5. The summed E-state index contributed by atoms with van der Waals surface area (Å²) in [5.41, 5.74) is 0. The Kier molecular flexibility index (Phi) is 3.84. The quantitative estimate of drug-likeness (QED) is 0.844. The zero-order chi connectivity index (χ0) is 11.5. The number of hydrogen-bond donors (Lipinski definition) is 1. The van der Waals surface area contributed by atoms with Crippen molar-refractivity contribution in [2.75, 3.05) is 19.6 Å². The molecule has 16 heavy (non-hydrogen) atoms. The van der Waals surface area contributed by atoms with Crippen LogP contribution in [-0.2, 0) is 13.6 Å². The fourth-order valence-corrected chi connectivity index (χ4v) is 2.11. The maximum atomic E-state index is 5.99. The smallest absolute Gasteiger partial charge is 0.128 e. The minimum Gasteiger partial charge on any atom is -0.321 e. The largest absolute Gasteiger partial charge is 0.321 e. The van der Waals surface area contributed by atoms with Gasteiger partial charge in [0.15, 0.2) is 0 Å². The van der Waals surface area contributed by atoms with E-state index in [0.717, 1.165) is 32.0 Å². The van der Waals surface area contributed by atoms with Gasteiger partial charge in [0, 0.05) is 26.2 Å². The summed E-state index contributed by atoms with van der Waals surface area (Å²) < 4.78 is 1.95. The topological polar surface area (TPSA) is 33.1 Å². The van der Waals surface area contributed by atoms with Gasteiger partial charge in [-0.15, -0.1) is 0 Å². The molecule has 0 amide bonds. The van der Waals surface area contributed by atoms with Gasteiger partial charge in [0.2, 0.25) is 0 Å². The monoisotopic (exact) mass is 242 g/mol. The van der Waals surface area contributed by atoms with Gasteiger partial charge in [-0.3, -0.25) is 4.90 Å². The summed E-state index contributed by atoms with van der Waals surface area (Å²) in [5, 5.41) is 4.02. The Hall–Kier alpha value is -0.580. The molecule has 0 bridgehead atoms. The number of nitrogens with one attached hydrogen (secondary N) is 1. The van der Waals surface area contributed by atoms with E-state index in [4.69, 9.17) is 11.6 Å². The highest BCUT2D eigenvalue weighted by Crippen LogP contribution is 2.14. The van der Waals surface area contributed by atoms with Crippen LogP contribution in [0, 0.1) is 0 Å². The Labute approximate surface area is 102 Å². The molecule has 0 saturated carbocycles. The van der Waals surface area contributed by atoms with E-state index in [1.54, 1.807) is 6.20 Å². The van der Waals surface area contributed by atoms with Crippen molar-refractivity contribution < 1.29 is 0 Å². The first-order valence-corrected chi connectivity index (χ1v) is 6.21. The third kappa shape index (κ3) is 2.39. The second-order valence-corrected chi connectivity index (χ2v) is 4.73. The van der Waals surface area contributed by atoms with Crippen LogP contribution in [-0.4, -0.2) is 40.1 Å². The van der Waals surface area contributed by atoms with Gasteiger partial charge in [0.25, 0.3) is 0 Å². The molecule has 1 fully saturated rings. The molecule has 0 spiro atoms. The maximum Gasteiger partial charge on any atom is 0.128 e. The highest BCUT2D eigenvalue weighted by Gasteiger charge is 2.24. The summed E-state index contributed by atoms with van der Waals surface area (Å²) >= 11 is 5.99. The van der Waals surface area contributed by atoms with E-state index in [9.17, 15) is 0 Å². The number of imidazole rings is 1. The fourth-order valence-electron chi connectivity index (χ4n) is 1.96. The normalized spacial score (nSPS) is 16.8. The van der Waals surface area contributed by atoms with Crippen molar-refractivity contribution in [1.82, 2.24) is 19.8 Å². The van der Waals surface area contributed by atoms with Gasteiger partial charge < -0.3 is 9.88 Å². The van der Waals surface area contributed by atoms with E-state index in [-0.39, 0.29) is 0 Å². The summed E-state index contributed by atoms with van der Waals surface area (Å²) in [7, 11) is 1.97. The molecule has 0 atom stereocenters. The number of aromatic nitrogens is 2. The molecule has 5 heteroatoms. The molecule has 1 aromatic rings. The van der Waals surface area contributed by atoms with E-state index < -0.39 is 0 Å². The Balaban J connectivity index is 2.01. The van der Waals surface area contributed by atoms with Crippen LogP contribution in [0.25, 0.3) is 0 Å². The molecule has 4 nitrogen and oxygen atoms in total. The number of hydrogen-bond acceptors (Lipinski definition) is 3. The van der Waals surface area contributed by atoms with Crippen molar-refractivity contribution in [3.8, 4) is 0 Å². The van der Waals surface area contributed by atoms with E-state index in [1.165, 1.54) is 6.42 Å². The first-order chi connectivity index (χ1) is 7.72. The van der Waals surface area contributed by atoms with Crippen LogP contribution >= 0.6 is 11.6 Å². The van der Waals surface area contributed by atoms with Crippen molar-refractivity contribution >= 4 is 11.6 Å². The molecule has 1 aromatic heterocycles. The number of nitrogens with zero attached hydrogens (tertiary/aromatic N) is 3. The van der Waals surface area contributed by atoms with Crippen LogP contribution in [0.4, 0.5) is 0 Å². The van der Waals surface area contributed by atoms with Crippen LogP contribution in [0.1, 0.15) is 19.2 Å². The average Bonchev–Trinajstić information content (AvgIpc) is 2.47. The standard InChI is InChI=1S/C11H19ClN4/c1-3-4-16(9-5-13-6-9)8-11-14-7-10(12)15(11)2/h7,9,13H,3-6,8H2,1-2H3. The summed E-state index contributed by atoms with van der Waals surface area (Å²) in [4.78, 5) is 6.83. The van der Waals surface area contributed by atoms with E-state index in [0.29, 0.717) is 11.2 Å². The number of rotatable bonds is 5. The van der Waals surface area contributed by atoms with E-state index in [1.807, 2.05) is 11.6 Å². The van der Waals surface area contributed by atoms with Crippen LogP contribution in [0.2, 0.25) is 5.15 Å². The molecule has 1 aliphatic rings. The molecular weight excluding hydrogens is 224 g/mol. The Morgan fingerprint density at radius 2 is 2.38 bits per heavy atom. The van der Waals surface area contributed by atoms with Crippen molar-refractivity contribution in [2.24, 2.45) is 7.05 Å². The Morgan fingerprint density at radius 3 is 2.81 bits per heavy atom. The fraction of sp³-hybridized carbons (Fsp3) is 0.727. The van der Waals surface area contributed by atoms with Crippen molar-refractivity contribution in [3.05, 3.63) is 17.2 Å². The van der Waals surface area contributed by atoms with Crippen molar-refractivity contribution in [2.45, 2.75) is 25.9 Å². The van der Waals surface area contributed by atoms with Crippen LogP contribution in [0.5, 0.6) is 0 Å². The zero-order valence-corrected chi connectivity index (χ0v) is 10.7. The van der Waals surface area contributed by atoms with E-state index >= 15 is 0 Å². The lowest BCUT2D eigenvalue weighted by molar-refractivity contribution is 0.133. The molecule has 1 aliphatic heterocycles. The lowest BCUT2D eigenvalue weighted by Crippen LogP contribution is -2.57. The summed E-state index contributed by atoms with van der Waals surface area (Å²) in [6, 6.07) is 0.662. The first kappa shape index (κ1) is 11.9. The molecular formula is C11H19ClN4. The Morgan fingerprint density at radius 1 is 1.62 bits per heavy atom. The van der Waals surface area contributed by atoms with Gasteiger partial charge in [-0.1, -0.05) is 18.5 Å². The van der Waals surface area contributed by atoms with Crippen LogP contribution in [0.3, 0.4) is 0 Å². The summed E-state index contributed by atoms with van der Waals surface area (Å²) in [6.45, 7) is 6.42. The zero-order valence-electron chi connectivity index (χ0n) is 9.91. The van der Waals surface area contributed by atoms with Gasteiger partial charge in [0.05, 0.1) is 12.7 Å². The molecule has 0 unspecified atom stereocenters. The van der Waals surface area contributed by atoms with Gasteiger partial charge in [0.1, 0.15) is 11.0 Å². The third-order valence-electron chi connectivity index (χ3n) is 3.16. The molecule has 1 N–H and O–H groups in total.